The van der Waals surface area contributed by atoms with Crippen molar-refractivity contribution in [1.29, 1.82) is 0 Å². The molecule has 0 saturated heterocycles. The van der Waals surface area contributed by atoms with E-state index in [1.165, 1.54) is 19.2 Å². The number of rotatable bonds is 9. The van der Waals surface area contributed by atoms with Gasteiger partial charge in [0.25, 0.3) is 5.56 Å². The fourth-order valence-electron chi connectivity index (χ4n) is 4.33. The van der Waals surface area contributed by atoms with Crippen LogP contribution >= 0.6 is 0 Å². The first-order valence-corrected chi connectivity index (χ1v) is 13.0. The average Bonchev–Trinajstić information content (AvgIpc) is 2.95. The Labute approximate surface area is 235 Å². The van der Waals surface area contributed by atoms with Crippen LogP contribution in [0.3, 0.4) is 0 Å². The molecule has 3 aromatic carbocycles. The molecule has 1 aromatic heterocycles. The number of aliphatic carboxylic acids is 1. The summed E-state index contributed by atoms with van der Waals surface area (Å²) in [6.07, 6.45) is 1.24. The van der Waals surface area contributed by atoms with Crippen molar-refractivity contribution in [3.63, 3.8) is 0 Å². The number of amides is 2. The number of para-hydroxylation sites is 2. The first kappa shape index (κ1) is 28.8. The van der Waals surface area contributed by atoms with Gasteiger partial charge in [-0.1, -0.05) is 80.6 Å². The van der Waals surface area contributed by atoms with E-state index in [2.05, 4.69) is 10.3 Å². The molecule has 0 aliphatic rings. The number of aromatic nitrogens is 2. The van der Waals surface area contributed by atoms with E-state index >= 15 is 0 Å². The molecule has 3 N–H and O–H groups in total. The van der Waals surface area contributed by atoms with Crippen LogP contribution in [0.25, 0.3) is 11.1 Å². The van der Waals surface area contributed by atoms with Crippen LogP contribution in [0.2, 0.25) is 0 Å². The van der Waals surface area contributed by atoms with E-state index in [9.17, 15) is 29.1 Å². The summed E-state index contributed by atoms with van der Waals surface area (Å²) in [6.45, 7) is 4.34. The maximum absolute atomic E-state index is 13.9. The summed E-state index contributed by atoms with van der Waals surface area (Å²) >= 11 is 0. The van der Waals surface area contributed by atoms with Crippen LogP contribution in [0.5, 0.6) is 0 Å². The van der Waals surface area contributed by atoms with Crippen LogP contribution in [0.1, 0.15) is 31.0 Å². The number of carboxylic acids is 1. The third-order valence-corrected chi connectivity index (χ3v) is 6.53. The zero-order valence-electron chi connectivity index (χ0n) is 22.8. The minimum atomic E-state index is -1.51. The highest BCUT2D eigenvalue weighted by molar-refractivity contribution is 6.04. The second-order valence-electron chi connectivity index (χ2n) is 9.85. The Bertz CT molecular complexity index is 1690. The Kier molecular flexibility index (Phi) is 8.62. The van der Waals surface area contributed by atoms with Crippen molar-refractivity contribution < 1.29 is 19.5 Å². The maximum atomic E-state index is 13.9. The molecule has 0 fully saturated rings. The number of carboxylic acid groups (broad SMARTS) is 1. The van der Waals surface area contributed by atoms with Crippen molar-refractivity contribution in [3.8, 4) is 11.1 Å². The lowest BCUT2D eigenvalue weighted by atomic mass is 9.99. The molecule has 1 unspecified atom stereocenters. The molecule has 4 rings (SSSR count). The van der Waals surface area contributed by atoms with E-state index < -0.39 is 35.7 Å². The Morgan fingerprint density at radius 2 is 1.51 bits per heavy atom. The van der Waals surface area contributed by atoms with Gasteiger partial charge < -0.3 is 10.4 Å². The van der Waals surface area contributed by atoms with Gasteiger partial charge in [-0.05, 0) is 35.7 Å². The number of carbonyl (C=O) groups is 3. The second kappa shape index (κ2) is 12.3. The Hall–Kier alpha value is -5.25. The molecular weight excluding hydrogens is 524 g/mol. The van der Waals surface area contributed by atoms with E-state index in [0.717, 1.165) is 20.6 Å². The van der Waals surface area contributed by atoms with Crippen molar-refractivity contribution in [2.75, 3.05) is 10.2 Å². The predicted octanol–water partition coefficient (Wildman–Crippen LogP) is 3.97. The van der Waals surface area contributed by atoms with E-state index in [1.54, 1.807) is 56.3 Å². The Balaban J connectivity index is 1.84. The number of hydrogen-bond acceptors (Lipinski definition) is 5. The molecule has 210 valence electrons. The van der Waals surface area contributed by atoms with Crippen LogP contribution in [0, 0.1) is 12.8 Å². The maximum Gasteiger partial charge on any atom is 0.331 e. The van der Waals surface area contributed by atoms with Gasteiger partial charge in [0.2, 0.25) is 11.8 Å². The van der Waals surface area contributed by atoms with Crippen molar-refractivity contribution in [1.82, 2.24) is 9.55 Å². The van der Waals surface area contributed by atoms with Crippen molar-refractivity contribution in [3.05, 3.63) is 117 Å². The molecule has 0 bridgehead atoms. The highest BCUT2D eigenvalue weighted by Crippen LogP contribution is 2.35. The fraction of sp³-hybridized carbons (Fsp3) is 0.194. The van der Waals surface area contributed by atoms with E-state index in [1.807, 2.05) is 30.3 Å². The molecule has 4 aromatic rings. The number of anilines is 2. The first-order chi connectivity index (χ1) is 19.6. The Morgan fingerprint density at radius 1 is 0.902 bits per heavy atom. The summed E-state index contributed by atoms with van der Waals surface area (Å²) < 4.78 is 1.01. The quantitative estimate of drug-likeness (QED) is 0.286. The summed E-state index contributed by atoms with van der Waals surface area (Å²) in [5.74, 6) is -2.77. The van der Waals surface area contributed by atoms with E-state index in [0.29, 0.717) is 5.56 Å². The van der Waals surface area contributed by atoms with Gasteiger partial charge >= 0.3 is 11.7 Å². The van der Waals surface area contributed by atoms with Gasteiger partial charge in [-0.15, -0.1) is 0 Å². The summed E-state index contributed by atoms with van der Waals surface area (Å²) in [5, 5.41) is 13.2. The minimum absolute atomic E-state index is 0.139. The van der Waals surface area contributed by atoms with Crippen LogP contribution in [0.4, 0.5) is 11.4 Å². The number of carbonyl (C=O) groups excluding carboxylic acids is 2. The molecule has 41 heavy (non-hydrogen) atoms. The summed E-state index contributed by atoms with van der Waals surface area (Å²) in [5.41, 5.74) is 1.29. The third kappa shape index (κ3) is 6.50. The molecule has 10 nitrogen and oxygen atoms in total. The number of H-pyrrole nitrogens is 1. The predicted molar refractivity (Wildman–Crippen MR) is 156 cm³/mol. The largest absolute Gasteiger partial charge is 0.479 e. The molecule has 0 saturated carbocycles. The van der Waals surface area contributed by atoms with E-state index in [-0.39, 0.29) is 28.8 Å². The van der Waals surface area contributed by atoms with Gasteiger partial charge in [0.15, 0.2) is 6.04 Å². The average molecular weight is 555 g/mol. The summed E-state index contributed by atoms with van der Waals surface area (Å²) in [7, 11) is 0. The van der Waals surface area contributed by atoms with Gasteiger partial charge in [-0.3, -0.25) is 28.8 Å². The van der Waals surface area contributed by atoms with Crippen molar-refractivity contribution in [2.45, 2.75) is 33.4 Å². The number of benzene rings is 3. The van der Waals surface area contributed by atoms with Crippen LogP contribution < -0.4 is 21.5 Å². The molecule has 10 heteroatoms. The minimum Gasteiger partial charge on any atom is -0.479 e. The van der Waals surface area contributed by atoms with Crippen molar-refractivity contribution >= 4 is 29.2 Å². The van der Waals surface area contributed by atoms with Gasteiger partial charge in [0.1, 0.15) is 6.54 Å². The zero-order chi connectivity index (χ0) is 29.7. The SMILES string of the molecule is Cc1cn(CC(=O)N(c2ccccc2NC(=O)C(C)C)C(C(=O)O)c2ccc(-c3ccccc3)cc2)c(=O)[nH]c1=O. The molecule has 0 aliphatic carbocycles. The normalized spacial score (nSPS) is 11.6. The third-order valence-electron chi connectivity index (χ3n) is 6.53. The fourth-order valence-corrected chi connectivity index (χ4v) is 4.33. The molecule has 0 spiro atoms. The molecular formula is C31H30N4O6. The highest BCUT2D eigenvalue weighted by atomic mass is 16.4. The number of aromatic amines is 1. The first-order valence-electron chi connectivity index (χ1n) is 13.0. The molecule has 1 heterocycles. The Morgan fingerprint density at radius 3 is 2.15 bits per heavy atom. The number of aryl methyl sites for hydroxylation is 1. The van der Waals surface area contributed by atoms with Crippen LogP contribution in [-0.4, -0.2) is 32.4 Å². The summed E-state index contributed by atoms with van der Waals surface area (Å²) in [4.78, 5) is 66.9. The lowest BCUT2D eigenvalue weighted by Gasteiger charge is -2.31. The van der Waals surface area contributed by atoms with Crippen molar-refractivity contribution in [2.24, 2.45) is 5.92 Å². The smallest absolute Gasteiger partial charge is 0.331 e. The number of nitrogens with one attached hydrogen (secondary N) is 2. The molecule has 1 atom stereocenters. The molecule has 0 radical (unpaired) electrons. The van der Waals surface area contributed by atoms with Gasteiger partial charge in [0.05, 0.1) is 11.4 Å². The van der Waals surface area contributed by atoms with Gasteiger partial charge in [-0.2, -0.15) is 0 Å². The van der Waals surface area contributed by atoms with Gasteiger partial charge in [-0.25, -0.2) is 9.59 Å². The standard InChI is InChI=1S/C31H30N4O6/c1-19(2)28(37)32-24-11-7-8-12-25(24)35(26(36)18-34-17-20(3)29(38)33-31(34)41)27(30(39)40)23-15-13-22(14-16-23)21-9-5-4-6-10-21/h4-17,19,27H,18H2,1-3H3,(H,32,37)(H,39,40)(H,33,38,41). The monoisotopic (exact) mass is 554 g/mol. The van der Waals surface area contributed by atoms with E-state index in [4.69, 9.17) is 0 Å². The zero-order valence-corrected chi connectivity index (χ0v) is 22.8. The molecule has 0 aliphatic heterocycles. The lowest BCUT2D eigenvalue weighted by Crippen LogP contribution is -2.43. The number of nitrogens with zero attached hydrogens (tertiary/aromatic N) is 2. The highest BCUT2D eigenvalue weighted by Gasteiger charge is 2.34. The topological polar surface area (TPSA) is 142 Å². The summed E-state index contributed by atoms with van der Waals surface area (Å²) in [6, 6.07) is 21.2. The molecule has 2 amide bonds. The number of hydrogen-bond donors (Lipinski definition) is 3. The lowest BCUT2D eigenvalue weighted by molar-refractivity contribution is -0.140. The van der Waals surface area contributed by atoms with Gasteiger partial charge in [0, 0.05) is 17.7 Å². The van der Waals surface area contributed by atoms with Crippen LogP contribution in [-0.2, 0) is 20.9 Å². The second-order valence-corrected chi connectivity index (χ2v) is 9.85. The van der Waals surface area contributed by atoms with Crippen LogP contribution in [0.15, 0.2) is 94.6 Å².